The molecule has 1 aliphatic rings. The van der Waals surface area contributed by atoms with Crippen LogP contribution in [0.4, 0.5) is 4.79 Å². The van der Waals surface area contributed by atoms with E-state index in [1.54, 1.807) is 0 Å². The maximum absolute atomic E-state index is 11.8. The number of nitrogens with zero attached hydrogens (tertiary/aromatic N) is 1. The molecule has 0 aliphatic heterocycles. The second-order valence-corrected chi connectivity index (χ2v) is 4.77. The lowest BCUT2D eigenvalue weighted by atomic mass is 9.76. The van der Waals surface area contributed by atoms with E-state index in [1.165, 1.54) is 13.3 Å². The zero-order chi connectivity index (χ0) is 15.5. The van der Waals surface area contributed by atoms with E-state index in [-0.39, 0.29) is 12.2 Å². The molecule has 1 aromatic heterocycles. The van der Waals surface area contributed by atoms with E-state index in [9.17, 15) is 14.4 Å². The molecule has 0 aromatic carbocycles. The Balaban J connectivity index is 2.02. The summed E-state index contributed by atoms with van der Waals surface area (Å²) in [6, 6.07) is -0.534. The quantitative estimate of drug-likeness (QED) is 0.563. The number of carboxylic acid groups (broad SMARTS) is 1. The van der Waals surface area contributed by atoms with Crippen LogP contribution in [-0.4, -0.2) is 46.7 Å². The summed E-state index contributed by atoms with van der Waals surface area (Å²) >= 11 is 0. The standard InChI is InChI=1S/C12H16N4O5/c1-21-8(17)6-14-11(20)16-12(3-2-4-12)10-13-5-7(15-10)9(18)19/h5H,2-4,6H2,1H3,(H,13,15)(H,18,19)(H2,14,16,20). The maximum atomic E-state index is 11.8. The summed E-state index contributed by atoms with van der Waals surface area (Å²) in [5, 5.41) is 14.0. The molecule has 9 heteroatoms. The molecule has 114 valence electrons. The molecule has 2 rings (SSSR count). The van der Waals surface area contributed by atoms with Crippen molar-refractivity contribution in [2.75, 3.05) is 13.7 Å². The van der Waals surface area contributed by atoms with Crippen LogP contribution in [0.15, 0.2) is 6.20 Å². The monoisotopic (exact) mass is 296 g/mol. The number of hydrogen-bond acceptors (Lipinski definition) is 5. The minimum absolute atomic E-state index is 0.0342. The van der Waals surface area contributed by atoms with Gasteiger partial charge in [-0.05, 0) is 19.3 Å². The fraction of sp³-hybridized carbons (Fsp3) is 0.500. The van der Waals surface area contributed by atoms with Gasteiger partial charge in [0.25, 0.3) is 0 Å². The first-order valence-electron chi connectivity index (χ1n) is 6.38. The van der Waals surface area contributed by atoms with Crippen molar-refractivity contribution in [3.63, 3.8) is 0 Å². The van der Waals surface area contributed by atoms with E-state index in [1.807, 2.05) is 0 Å². The predicted octanol–water partition coefficient (Wildman–Crippen LogP) is -0.0407. The predicted molar refractivity (Wildman–Crippen MR) is 69.6 cm³/mol. The molecule has 0 unspecified atom stereocenters. The van der Waals surface area contributed by atoms with Crippen molar-refractivity contribution >= 4 is 18.0 Å². The lowest BCUT2D eigenvalue weighted by molar-refractivity contribution is -0.139. The average molecular weight is 296 g/mol. The van der Waals surface area contributed by atoms with Gasteiger partial charge in [-0.2, -0.15) is 0 Å². The first-order valence-corrected chi connectivity index (χ1v) is 6.38. The van der Waals surface area contributed by atoms with Gasteiger partial charge in [0.05, 0.1) is 18.8 Å². The van der Waals surface area contributed by atoms with Gasteiger partial charge in [0.2, 0.25) is 0 Å². The Labute approximate surface area is 120 Å². The molecule has 9 nitrogen and oxygen atoms in total. The Kier molecular flexibility index (Phi) is 4.10. The molecule has 1 aliphatic carbocycles. The minimum Gasteiger partial charge on any atom is -0.477 e. The van der Waals surface area contributed by atoms with Crippen molar-refractivity contribution in [1.82, 2.24) is 20.6 Å². The summed E-state index contributed by atoms with van der Waals surface area (Å²) in [5.74, 6) is -1.27. The highest BCUT2D eigenvalue weighted by molar-refractivity contribution is 5.85. The number of carbonyl (C=O) groups is 3. The van der Waals surface area contributed by atoms with E-state index in [0.717, 1.165) is 6.42 Å². The molecule has 0 radical (unpaired) electrons. The number of ether oxygens (including phenoxy) is 1. The van der Waals surface area contributed by atoms with E-state index in [2.05, 4.69) is 25.3 Å². The molecule has 0 spiro atoms. The van der Waals surface area contributed by atoms with Gasteiger partial charge in [-0.1, -0.05) is 0 Å². The Morgan fingerprint density at radius 1 is 1.48 bits per heavy atom. The highest BCUT2D eigenvalue weighted by Gasteiger charge is 2.43. The van der Waals surface area contributed by atoms with Crippen molar-refractivity contribution in [3.05, 3.63) is 17.7 Å². The molecule has 21 heavy (non-hydrogen) atoms. The van der Waals surface area contributed by atoms with Crippen LogP contribution in [0.5, 0.6) is 0 Å². The van der Waals surface area contributed by atoms with Crippen LogP contribution in [0.3, 0.4) is 0 Å². The smallest absolute Gasteiger partial charge is 0.353 e. The highest BCUT2D eigenvalue weighted by Crippen LogP contribution is 2.39. The number of methoxy groups -OCH3 is 1. The fourth-order valence-electron chi connectivity index (χ4n) is 2.11. The van der Waals surface area contributed by atoms with E-state index in [4.69, 9.17) is 5.11 Å². The number of carboxylic acids is 1. The third-order valence-corrected chi connectivity index (χ3v) is 3.44. The number of hydrogen-bond donors (Lipinski definition) is 4. The number of amides is 2. The topological polar surface area (TPSA) is 133 Å². The van der Waals surface area contributed by atoms with Crippen molar-refractivity contribution in [2.24, 2.45) is 0 Å². The second-order valence-electron chi connectivity index (χ2n) is 4.77. The van der Waals surface area contributed by atoms with E-state index in [0.29, 0.717) is 18.7 Å². The van der Waals surface area contributed by atoms with Crippen LogP contribution in [0.1, 0.15) is 35.6 Å². The van der Waals surface area contributed by atoms with Crippen molar-refractivity contribution in [2.45, 2.75) is 24.8 Å². The van der Waals surface area contributed by atoms with Crippen LogP contribution in [-0.2, 0) is 15.1 Å². The van der Waals surface area contributed by atoms with Gasteiger partial charge in [0, 0.05) is 0 Å². The SMILES string of the molecule is COC(=O)CNC(=O)NC1(c2ncc(C(=O)O)[nH]2)CCC1. The van der Waals surface area contributed by atoms with Crippen LogP contribution >= 0.6 is 0 Å². The van der Waals surface area contributed by atoms with Crippen molar-refractivity contribution in [3.8, 4) is 0 Å². The normalized spacial score (nSPS) is 15.7. The lowest BCUT2D eigenvalue weighted by Crippen LogP contribution is -2.55. The van der Waals surface area contributed by atoms with Gasteiger partial charge < -0.3 is 25.5 Å². The van der Waals surface area contributed by atoms with Crippen LogP contribution in [0.2, 0.25) is 0 Å². The Morgan fingerprint density at radius 3 is 2.67 bits per heavy atom. The Bertz CT molecular complexity index is 564. The zero-order valence-corrected chi connectivity index (χ0v) is 11.4. The largest absolute Gasteiger partial charge is 0.477 e. The third kappa shape index (κ3) is 3.12. The number of aromatic nitrogens is 2. The fourth-order valence-corrected chi connectivity index (χ4v) is 2.11. The van der Waals surface area contributed by atoms with E-state index >= 15 is 0 Å². The summed E-state index contributed by atoms with van der Waals surface area (Å²) in [7, 11) is 1.23. The Morgan fingerprint density at radius 2 is 2.19 bits per heavy atom. The van der Waals surface area contributed by atoms with Gasteiger partial charge in [0.1, 0.15) is 18.1 Å². The summed E-state index contributed by atoms with van der Waals surface area (Å²) in [6.07, 6.45) is 3.39. The summed E-state index contributed by atoms with van der Waals surface area (Å²) in [4.78, 5) is 40.3. The van der Waals surface area contributed by atoms with Gasteiger partial charge >= 0.3 is 18.0 Å². The molecule has 1 saturated carbocycles. The molecule has 1 fully saturated rings. The highest BCUT2D eigenvalue weighted by atomic mass is 16.5. The van der Waals surface area contributed by atoms with Crippen LogP contribution in [0.25, 0.3) is 0 Å². The van der Waals surface area contributed by atoms with Gasteiger partial charge in [0.15, 0.2) is 0 Å². The average Bonchev–Trinajstić information content (AvgIpc) is 2.90. The molecule has 0 saturated heterocycles. The van der Waals surface area contributed by atoms with E-state index < -0.39 is 23.5 Å². The number of imidazole rings is 1. The summed E-state index contributed by atoms with van der Waals surface area (Å²) in [6.45, 7) is -0.239. The minimum atomic E-state index is -1.11. The first kappa shape index (κ1) is 14.8. The van der Waals surface area contributed by atoms with Gasteiger partial charge in [-0.3, -0.25) is 4.79 Å². The number of urea groups is 1. The lowest BCUT2D eigenvalue weighted by Gasteiger charge is -2.40. The van der Waals surface area contributed by atoms with Crippen molar-refractivity contribution < 1.29 is 24.2 Å². The molecule has 1 heterocycles. The number of aromatic carboxylic acids is 1. The zero-order valence-electron chi connectivity index (χ0n) is 11.4. The molecule has 1 aromatic rings. The molecular formula is C12H16N4O5. The second kappa shape index (κ2) is 5.81. The molecule has 0 bridgehead atoms. The summed E-state index contributed by atoms with van der Waals surface area (Å²) in [5.41, 5.74) is -0.749. The number of rotatable bonds is 5. The molecular weight excluding hydrogens is 280 g/mol. The summed E-state index contributed by atoms with van der Waals surface area (Å²) < 4.78 is 4.42. The first-order chi connectivity index (χ1) is 9.97. The number of nitrogens with one attached hydrogen (secondary N) is 3. The third-order valence-electron chi connectivity index (χ3n) is 3.44. The van der Waals surface area contributed by atoms with Gasteiger partial charge in [-0.15, -0.1) is 0 Å². The molecule has 4 N–H and O–H groups in total. The molecule has 2 amide bonds. The number of aromatic amines is 1. The molecule has 0 atom stereocenters. The number of carbonyl (C=O) groups excluding carboxylic acids is 2. The maximum Gasteiger partial charge on any atom is 0.353 e. The number of esters is 1. The van der Waals surface area contributed by atoms with Gasteiger partial charge in [-0.25, -0.2) is 14.6 Å². The number of H-pyrrole nitrogens is 1. The van der Waals surface area contributed by atoms with Crippen LogP contribution < -0.4 is 10.6 Å². The van der Waals surface area contributed by atoms with Crippen LogP contribution in [0, 0.1) is 0 Å². The Hall–Kier alpha value is -2.58. The van der Waals surface area contributed by atoms with Crippen molar-refractivity contribution in [1.29, 1.82) is 0 Å².